The van der Waals surface area contributed by atoms with Gasteiger partial charge in [0.05, 0.1) is 12.0 Å². The molecule has 1 heterocycles. The zero-order valence-corrected chi connectivity index (χ0v) is 10.8. The minimum Gasteiger partial charge on any atom is -0.351 e. The summed E-state index contributed by atoms with van der Waals surface area (Å²) in [4.78, 5) is 25.4. The smallest absolute Gasteiger partial charge is 0.225 e. The fraction of sp³-hybridized carbons (Fsp3) is 0.846. The lowest BCUT2D eigenvalue weighted by Gasteiger charge is -2.28. The van der Waals surface area contributed by atoms with E-state index in [2.05, 4.69) is 5.32 Å². The number of nitrogens with zero attached hydrogens (tertiary/aromatic N) is 1. The Morgan fingerprint density at radius 1 is 1.39 bits per heavy atom. The maximum atomic E-state index is 12.3. The minimum absolute atomic E-state index is 0.0234. The third-order valence-electron chi connectivity index (χ3n) is 4.97. The number of rotatable bonds is 2. The molecule has 5 atom stereocenters. The number of carbonyl (C=O) groups excluding carboxylic acids is 2. The van der Waals surface area contributed by atoms with Crippen molar-refractivity contribution in [1.82, 2.24) is 10.2 Å². The van der Waals surface area contributed by atoms with Gasteiger partial charge in [0.2, 0.25) is 11.8 Å². The molecular formula is C13H21N3O2. The van der Waals surface area contributed by atoms with Gasteiger partial charge < -0.3 is 16.0 Å². The van der Waals surface area contributed by atoms with Crippen molar-refractivity contribution in [3.63, 3.8) is 0 Å². The lowest BCUT2D eigenvalue weighted by Crippen LogP contribution is -2.48. The zero-order valence-electron chi connectivity index (χ0n) is 10.8. The highest BCUT2D eigenvalue weighted by Gasteiger charge is 2.49. The maximum Gasteiger partial charge on any atom is 0.225 e. The van der Waals surface area contributed by atoms with Gasteiger partial charge in [0.15, 0.2) is 0 Å². The number of likely N-dealkylation sites (N-methyl/N-ethyl adjacent to an activating group) is 1. The molecule has 0 aromatic carbocycles. The summed E-state index contributed by atoms with van der Waals surface area (Å²) in [6.07, 6.45) is 3.86. The van der Waals surface area contributed by atoms with Crippen LogP contribution in [-0.4, -0.2) is 42.4 Å². The number of hydrogen-bond donors (Lipinski definition) is 2. The van der Waals surface area contributed by atoms with E-state index in [1.807, 2.05) is 0 Å². The largest absolute Gasteiger partial charge is 0.351 e. The van der Waals surface area contributed by atoms with Gasteiger partial charge in [-0.25, -0.2) is 0 Å². The van der Waals surface area contributed by atoms with Crippen LogP contribution in [0.1, 0.15) is 25.7 Å². The molecule has 1 aliphatic heterocycles. The minimum atomic E-state index is -0.0265. The average Bonchev–Trinajstić information content (AvgIpc) is 2.95. The molecule has 5 heteroatoms. The Bertz CT molecular complexity index is 382. The van der Waals surface area contributed by atoms with Gasteiger partial charge in [-0.1, -0.05) is 0 Å². The van der Waals surface area contributed by atoms with Crippen molar-refractivity contribution < 1.29 is 9.59 Å². The molecular weight excluding hydrogens is 230 g/mol. The molecule has 3 rings (SSSR count). The molecule has 2 bridgehead atoms. The van der Waals surface area contributed by atoms with Gasteiger partial charge in [0.1, 0.15) is 0 Å². The van der Waals surface area contributed by atoms with Gasteiger partial charge >= 0.3 is 0 Å². The van der Waals surface area contributed by atoms with Crippen molar-refractivity contribution in [2.45, 2.75) is 37.8 Å². The van der Waals surface area contributed by atoms with E-state index in [0.29, 0.717) is 24.8 Å². The molecule has 2 saturated carbocycles. The Labute approximate surface area is 107 Å². The Morgan fingerprint density at radius 2 is 2.11 bits per heavy atom. The third-order valence-corrected chi connectivity index (χ3v) is 4.97. The molecule has 3 N–H and O–H groups in total. The summed E-state index contributed by atoms with van der Waals surface area (Å²) >= 11 is 0. The quantitative estimate of drug-likeness (QED) is 0.708. The molecule has 0 radical (unpaired) electrons. The van der Waals surface area contributed by atoms with E-state index in [-0.39, 0.29) is 29.8 Å². The monoisotopic (exact) mass is 251 g/mol. The summed E-state index contributed by atoms with van der Waals surface area (Å²) in [6.45, 7) is 0.626. The van der Waals surface area contributed by atoms with Crippen molar-refractivity contribution >= 4 is 11.8 Å². The molecule has 100 valence electrons. The molecule has 5 nitrogen and oxygen atoms in total. The van der Waals surface area contributed by atoms with Crippen LogP contribution in [0.25, 0.3) is 0 Å². The van der Waals surface area contributed by atoms with Crippen LogP contribution >= 0.6 is 0 Å². The number of likely N-dealkylation sites (tertiary alicyclic amines) is 1. The number of fused-ring (bicyclic) bond motifs is 2. The fourth-order valence-corrected chi connectivity index (χ4v) is 3.98. The molecule has 1 saturated heterocycles. The first kappa shape index (κ1) is 12.0. The van der Waals surface area contributed by atoms with Crippen molar-refractivity contribution in [2.24, 2.45) is 23.5 Å². The maximum absolute atomic E-state index is 12.3. The predicted octanol–water partition coefficient (Wildman–Crippen LogP) is -0.293. The summed E-state index contributed by atoms with van der Waals surface area (Å²) in [5.41, 5.74) is 6.16. The second-order valence-electron chi connectivity index (χ2n) is 6.12. The Balaban J connectivity index is 1.61. The van der Waals surface area contributed by atoms with E-state index in [0.717, 1.165) is 12.8 Å². The standard InChI is InChI=1S/C13H21N3O2/c1-16-6-9(5-10(16)17)15-13(18)11-7-2-3-8(4-7)12(11)14/h7-9,11-12H,2-6,14H2,1H3,(H,15,18). The summed E-state index contributed by atoms with van der Waals surface area (Å²) in [6, 6.07) is -0.0000827. The molecule has 2 aliphatic carbocycles. The second kappa shape index (κ2) is 4.23. The summed E-state index contributed by atoms with van der Waals surface area (Å²) in [7, 11) is 1.78. The number of hydrogen-bond acceptors (Lipinski definition) is 3. The molecule has 3 fully saturated rings. The molecule has 3 aliphatic rings. The predicted molar refractivity (Wildman–Crippen MR) is 66.5 cm³/mol. The molecule has 0 aromatic heterocycles. The highest BCUT2D eigenvalue weighted by atomic mass is 16.2. The Kier molecular flexibility index (Phi) is 2.81. The van der Waals surface area contributed by atoms with Gasteiger partial charge in [-0.05, 0) is 31.1 Å². The van der Waals surface area contributed by atoms with Crippen LogP contribution in [0.2, 0.25) is 0 Å². The number of nitrogens with two attached hydrogens (primary N) is 1. The average molecular weight is 251 g/mol. The van der Waals surface area contributed by atoms with Gasteiger partial charge in [0, 0.05) is 26.1 Å². The normalized spacial score (nSPS) is 42.7. The van der Waals surface area contributed by atoms with Gasteiger partial charge in [-0.2, -0.15) is 0 Å². The first-order chi connectivity index (χ1) is 8.56. The summed E-state index contributed by atoms with van der Waals surface area (Å²) in [5.74, 6) is 1.17. The van der Waals surface area contributed by atoms with Crippen LogP contribution in [0.5, 0.6) is 0 Å². The van der Waals surface area contributed by atoms with Gasteiger partial charge in [0.25, 0.3) is 0 Å². The van der Waals surface area contributed by atoms with Crippen LogP contribution in [-0.2, 0) is 9.59 Å². The van der Waals surface area contributed by atoms with E-state index in [1.165, 1.54) is 6.42 Å². The van der Waals surface area contributed by atoms with E-state index >= 15 is 0 Å². The van der Waals surface area contributed by atoms with Crippen molar-refractivity contribution in [2.75, 3.05) is 13.6 Å². The van der Waals surface area contributed by atoms with Gasteiger partial charge in [-0.15, -0.1) is 0 Å². The lowest BCUT2D eigenvalue weighted by atomic mass is 9.84. The zero-order chi connectivity index (χ0) is 12.9. The molecule has 0 aromatic rings. The molecule has 0 spiro atoms. The molecule has 18 heavy (non-hydrogen) atoms. The van der Waals surface area contributed by atoms with Crippen LogP contribution < -0.4 is 11.1 Å². The lowest BCUT2D eigenvalue weighted by molar-refractivity contribution is -0.127. The van der Waals surface area contributed by atoms with Gasteiger partial charge in [-0.3, -0.25) is 9.59 Å². The summed E-state index contributed by atoms with van der Waals surface area (Å²) in [5, 5.41) is 3.02. The number of nitrogens with one attached hydrogen (secondary N) is 1. The first-order valence-electron chi connectivity index (χ1n) is 6.86. The van der Waals surface area contributed by atoms with E-state index in [9.17, 15) is 9.59 Å². The topological polar surface area (TPSA) is 75.4 Å². The van der Waals surface area contributed by atoms with E-state index in [1.54, 1.807) is 11.9 Å². The number of carbonyl (C=O) groups is 2. The van der Waals surface area contributed by atoms with Crippen LogP contribution in [0, 0.1) is 17.8 Å². The molecule has 2 amide bonds. The Hall–Kier alpha value is -1.10. The van der Waals surface area contributed by atoms with Crippen molar-refractivity contribution in [3.8, 4) is 0 Å². The highest BCUT2D eigenvalue weighted by molar-refractivity contribution is 5.84. The third kappa shape index (κ3) is 1.81. The van der Waals surface area contributed by atoms with Crippen LogP contribution in [0.3, 0.4) is 0 Å². The SMILES string of the molecule is CN1CC(NC(=O)C2C3CCC(C3)C2N)CC1=O. The highest BCUT2D eigenvalue weighted by Crippen LogP contribution is 2.47. The van der Waals surface area contributed by atoms with Crippen molar-refractivity contribution in [3.05, 3.63) is 0 Å². The number of amides is 2. The van der Waals surface area contributed by atoms with Crippen LogP contribution in [0.15, 0.2) is 0 Å². The fourth-order valence-electron chi connectivity index (χ4n) is 3.98. The van der Waals surface area contributed by atoms with E-state index < -0.39 is 0 Å². The first-order valence-corrected chi connectivity index (χ1v) is 6.86. The van der Waals surface area contributed by atoms with Crippen molar-refractivity contribution in [1.29, 1.82) is 0 Å². The Morgan fingerprint density at radius 3 is 2.67 bits per heavy atom. The van der Waals surface area contributed by atoms with E-state index in [4.69, 9.17) is 5.73 Å². The second-order valence-corrected chi connectivity index (χ2v) is 6.12. The molecule has 5 unspecified atom stereocenters. The van der Waals surface area contributed by atoms with Crippen LogP contribution in [0.4, 0.5) is 0 Å². The summed E-state index contributed by atoms with van der Waals surface area (Å²) < 4.78 is 0.